The number of aromatic nitrogens is 1. The van der Waals surface area contributed by atoms with Crippen LogP contribution in [0.25, 0.3) is 0 Å². The Labute approximate surface area is 89.9 Å². The van der Waals surface area contributed by atoms with Gasteiger partial charge in [-0.3, -0.25) is 4.79 Å². The Morgan fingerprint density at radius 2 is 2.27 bits per heavy atom. The molecule has 2 N–H and O–H groups in total. The van der Waals surface area contributed by atoms with E-state index >= 15 is 0 Å². The number of rotatable bonds is 3. The Hall–Kier alpha value is -1.25. The third kappa shape index (κ3) is 2.06. The van der Waals surface area contributed by atoms with E-state index in [-0.39, 0.29) is 5.56 Å². The van der Waals surface area contributed by atoms with Crippen molar-refractivity contribution in [3.63, 3.8) is 0 Å². The largest absolute Gasteiger partial charge is 0.397 e. The van der Waals surface area contributed by atoms with Gasteiger partial charge in [-0.25, -0.2) is 0 Å². The fraction of sp³-hybridized carbons (Fsp3) is 0.583. The summed E-state index contributed by atoms with van der Waals surface area (Å²) < 4.78 is 1.75. The third-order valence-corrected chi connectivity index (χ3v) is 3.40. The lowest BCUT2D eigenvalue weighted by Crippen LogP contribution is -2.21. The number of anilines is 1. The summed E-state index contributed by atoms with van der Waals surface area (Å²) in [5, 5.41) is 0. The van der Waals surface area contributed by atoms with Gasteiger partial charge in [0, 0.05) is 18.8 Å². The molecule has 2 atom stereocenters. The van der Waals surface area contributed by atoms with Gasteiger partial charge in [-0.05, 0) is 30.7 Å². The van der Waals surface area contributed by atoms with Crippen LogP contribution >= 0.6 is 0 Å². The van der Waals surface area contributed by atoms with E-state index in [9.17, 15) is 4.79 Å². The predicted molar refractivity (Wildman–Crippen MR) is 61.7 cm³/mol. The maximum atomic E-state index is 11.7. The first-order valence-electron chi connectivity index (χ1n) is 5.58. The van der Waals surface area contributed by atoms with Crippen LogP contribution in [0.5, 0.6) is 0 Å². The molecule has 1 fully saturated rings. The zero-order valence-electron chi connectivity index (χ0n) is 9.36. The van der Waals surface area contributed by atoms with Crippen LogP contribution in [-0.4, -0.2) is 4.57 Å². The van der Waals surface area contributed by atoms with E-state index in [1.807, 2.05) is 6.92 Å². The Balaban J connectivity index is 2.15. The van der Waals surface area contributed by atoms with Crippen molar-refractivity contribution in [3.8, 4) is 0 Å². The van der Waals surface area contributed by atoms with Crippen molar-refractivity contribution in [3.05, 3.63) is 28.2 Å². The number of pyridine rings is 1. The van der Waals surface area contributed by atoms with Crippen LogP contribution in [0.2, 0.25) is 0 Å². The lowest BCUT2D eigenvalue weighted by atomic mass is 10.2. The molecule has 0 bridgehead atoms. The van der Waals surface area contributed by atoms with Gasteiger partial charge in [0.1, 0.15) is 0 Å². The summed E-state index contributed by atoms with van der Waals surface area (Å²) in [6.07, 6.45) is 4.26. The molecule has 3 nitrogen and oxygen atoms in total. The molecule has 0 aliphatic heterocycles. The Bertz CT molecular complexity index is 422. The van der Waals surface area contributed by atoms with E-state index in [0.717, 1.165) is 18.0 Å². The van der Waals surface area contributed by atoms with Crippen LogP contribution in [0.15, 0.2) is 17.1 Å². The Kier molecular flexibility index (Phi) is 2.55. The zero-order valence-corrected chi connectivity index (χ0v) is 9.36. The second-order valence-corrected chi connectivity index (χ2v) is 4.57. The highest BCUT2D eigenvalue weighted by atomic mass is 16.1. The van der Waals surface area contributed by atoms with Crippen molar-refractivity contribution in [2.75, 3.05) is 5.73 Å². The summed E-state index contributed by atoms with van der Waals surface area (Å²) in [6, 6.07) is 1.62. The van der Waals surface area contributed by atoms with Gasteiger partial charge in [-0.1, -0.05) is 13.3 Å². The number of nitrogens with two attached hydrogens (primary N) is 1. The summed E-state index contributed by atoms with van der Waals surface area (Å²) in [5.41, 5.74) is 7.45. The minimum absolute atomic E-state index is 0.0726. The summed E-state index contributed by atoms with van der Waals surface area (Å²) >= 11 is 0. The second-order valence-electron chi connectivity index (χ2n) is 4.57. The summed E-state index contributed by atoms with van der Waals surface area (Å²) in [5.74, 6) is 1.51. The average molecular weight is 206 g/mol. The first-order chi connectivity index (χ1) is 7.11. The van der Waals surface area contributed by atoms with Gasteiger partial charge >= 0.3 is 0 Å². The minimum atomic E-state index is 0.0726. The van der Waals surface area contributed by atoms with Crippen LogP contribution in [0.1, 0.15) is 25.3 Å². The van der Waals surface area contributed by atoms with Gasteiger partial charge in [0.05, 0.1) is 5.69 Å². The molecule has 2 unspecified atom stereocenters. The molecular formula is C12H18N2O. The highest BCUT2D eigenvalue weighted by molar-refractivity contribution is 5.42. The molecule has 15 heavy (non-hydrogen) atoms. The van der Waals surface area contributed by atoms with Crippen molar-refractivity contribution in [2.24, 2.45) is 11.8 Å². The quantitative estimate of drug-likeness (QED) is 0.819. The molecule has 1 heterocycles. The molecule has 82 valence electrons. The van der Waals surface area contributed by atoms with Crippen molar-refractivity contribution >= 4 is 5.69 Å². The van der Waals surface area contributed by atoms with Crippen molar-refractivity contribution in [1.82, 2.24) is 4.57 Å². The number of nitrogens with zero attached hydrogens (tertiary/aromatic N) is 1. The molecule has 1 aromatic heterocycles. The third-order valence-electron chi connectivity index (χ3n) is 3.40. The van der Waals surface area contributed by atoms with E-state index < -0.39 is 0 Å². The summed E-state index contributed by atoms with van der Waals surface area (Å²) in [4.78, 5) is 11.7. The van der Waals surface area contributed by atoms with Crippen LogP contribution < -0.4 is 11.3 Å². The molecule has 1 saturated carbocycles. The minimum Gasteiger partial charge on any atom is -0.397 e. The van der Waals surface area contributed by atoms with E-state index in [4.69, 9.17) is 5.73 Å². The van der Waals surface area contributed by atoms with Crippen LogP contribution in [0, 0.1) is 18.8 Å². The van der Waals surface area contributed by atoms with E-state index in [2.05, 4.69) is 6.92 Å². The second kappa shape index (κ2) is 3.72. The van der Waals surface area contributed by atoms with E-state index in [1.165, 1.54) is 12.8 Å². The standard InChI is InChI=1S/C12H18N2O/c1-3-9-5-10(9)6-14-7-11(13)8(2)4-12(14)15/h4,7,9-10H,3,5-6,13H2,1-2H3. The smallest absolute Gasteiger partial charge is 0.250 e. The number of aryl methyl sites for hydroxylation is 1. The van der Waals surface area contributed by atoms with Crippen LogP contribution in [-0.2, 0) is 6.54 Å². The molecule has 1 aromatic rings. The SMILES string of the molecule is CCC1CC1Cn1cc(N)c(C)cc1=O. The summed E-state index contributed by atoms with van der Waals surface area (Å²) in [6.45, 7) is 4.91. The molecule has 1 aliphatic rings. The van der Waals surface area contributed by atoms with Gasteiger partial charge in [0.2, 0.25) is 0 Å². The Morgan fingerprint density at radius 3 is 2.87 bits per heavy atom. The molecule has 0 radical (unpaired) electrons. The highest BCUT2D eigenvalue weighted by Crippen LogP contribution is 2.41. The predicted octanol–water partition coefficient (Wildman–Crippen LogP) is 1.79. The highest BCUT2D eigenvalue weighted by Gasteiger charge is 2.35. The zero-order chi connectivity index (χ0) is 11.0. The first kappa shape index (κ1) is 10.3. The Morgan fingerprint density at radius 1 is 1.53 bits per heavy atom. The molecule has 1 aliphatic carbocycles. The van der Waals surface area contributed by atoms with E-state index in [0.29, 0.717) is 11.6 Å². The topological polar surface area (TPSA) is 48.0 Å². The van der Waals surface area contributed by atoms with Crippen molar-refractivity contribution < 1.29 is 0 Å². The summed E-state index contributed by atoms with van der Waals surface area (Å²) in [7, 11) is 0. The molecule has 0 saturated heterocycles. The molecule has 2 rings (SSSR count). The molecule has 0 spiro atoms. The van der Waals surface area contributed by atoms with Crippen molar-refractivity contribution in [1.29, 1.82) is 0 Å². The van der Waals surface area contributed by atoms with Gasteiger partial charge in [0.15, 0.2) is 0 Å². The number of nitrogen functional groups attached to an aromatic ring is 1. The fourth-order valence-corrected chi connectivity index (χ4v) is 2.11. The van der Waals surface area contributed by atoms with Gasteiger partial charge in [-0.2, -0.15) is 0 Å². The van der Waals surface area contributed by atoms with Gasteiger partial charge in [-0.15, -0.1) is 0 Å². The van der Waals surface area contributed by atoms with Gasteiger partial charge < -0.3 is 10.3 Å². The molecule has 3 heteroatoms. The number of hydrogen-bond donors (Lipinski definition) is 1. The first-order valence-corrected chi connectivity index (χ1v) is 5.58. The monoisotopic (exact) mass is 206 g/mol. The molecule has 0 amide bonds. The van der Waals surface area contributed by atoms with Crippen LogP contribution in [0.4, 0.5) is 5.69 Å². The van der Waals surface area contributed by atoms with Gasteiger partial charge in [0.25, 0.3) is 5.56 Å². The van der Waals surface area contributed by atoms with Crippen molar-refractivity contribution in [2.45, 2.75) is 33.2 Å². The van der Waals surface area contributed by atoms with E-state index in [1.54, 1.807) is 16.8 Å². The maximum absolute atomic E-state index is 11.7. The maximum Gasteiger partial charge on any atom is 0.250 e. The molecular weight excluding hydrogens is 188 g/mol. The number of hydrogen-bond acceptors (Lipinski definition) is 2. The van der Waals surface area contributed by atoms with Crippen LogP contribution in [0.3, 0.4) is 0 Å². The normalized spacial score (nSPS) is 24.1. The lowest BCUT2D eigenvalue weighted by molar-refractivity contribution is 0.557. The molecule has 0 aromatic carbocycles. The average Bonchev–Trinajstić information content (AvgIpc) is 2.93. The lowest BCUT2D eigenvalue weighted by Gasteiger charge is -2.07. The fourth-order valence-electron chi connectivity index (χ4n) is 2.11.